The minimum Gasteiger partial charge on any atom is -0.508 e. The molecule has 0 radical (unpaired) electrons. The number of aliphatic carboxylic acids is 1. The van der Waals surface area contributed by atoms with Crippen LogP contribution in [0.4, 0.5) is 0 Å². The highest BCUT2D eigenvalue weighted by atomic mass is 16.4. The summed E-state index contributed by atoms with van der Waals surface area (Å²) < 4.78 is 0. The van der Waals surface area contributed by atoms with Gasteiger partial charge in [0, 0.05) is 5.92 Å². The zero-order chi connectivity index (χ0) is 26.4. The number of carbonyl (C=O) groups is 1. The number of rotatable bonds is 10. The lowest BCUT2D eigenvalue weighted by atomic mass is 9.76. The first-order valence-electron chi connectivity index (χ1n) is 13.3. The number of aliphatic hydroxyl groups is 1. The van der Waals surface area contributed by atoms with Gasteiger partial charge in [0.25, 0.3) is 0 Å². The van der Waals surface area contributed by atoms with Crippen molar-refractivity contribution in [3.05, 3.63) is 101 Å². The number of hydrogen-bond acceptors (Lipinski definition) is 4. The third kappa shape index (κ3) is 6.41. The fourth-order valence-corrected chi connectivity index (χ4v) is 5.72. The highest BCUT2D eigenvalue weighted by Gasteiger charge is 2.33. The molecule has 0 saturated carbocycles. The van der Waals surface area contributed by atoms with E-state index in [0.717, 1.165) is 38.9 Å². The van der Waals surface area contributed by atoms with Crippen molar-refractivity contribution in [2.24, 2.45) is 5.92 Å². The second-order valence-corrected chi connectivity index (χ2v) is 10.8. The van der Waals surface area contributed by atoms with Gasteiger partial charge in [-0.3, -0.25) is 4.79 Å². The first kappa shape index (κ1) is 26.9. The number of nitrogens with zero attached hydrogens (tertiary/aromatic N) is 1. The Kier molecular flexibility index (Phi) is 8.67. The predicted molar refractivity (Wildman–Crippen MR) is 147 cm³/mol. The van der Waals surface area contributed by atoms with E-state index in [2.05, 4.69) is 35.2 Å². The highest BCUT2D eigenvalue weighted by Crippen LogP contribution is 2.39. The topological polar surface area (TPSA) is 81.0 Å². The van der Waals surface area contributed by atoms with Gasteiger partial charge >= 0.3 is 5.97 Å². The van der Waals surface area contributed by atoms with Crippen molar-refractivity contribution in [1.82, 2.24) is 4.90 Å². The van der Waals surface area contributed by atoms with E-state index < -0.39 is 17.5 Å². The number of piperidine rings is 1. The minimum atomic E-state index is -1.05. The van der Waals surface area contributed by atoms with E-state index in [1.54, 1.807) is 26.0 Å². The van der Waals surface area contributed by atoms with E-state index >= 15 is 0 Å². The Bertz CT molecular complexity index is 1150. The lowest BCUT2D eigenvalue weighted by molar-refractivity contribution is -0.142. The standard InChI is InChI=1S/C32H39NO4/c1-32(2,31(36)37)28-12-7-6-11-27(28)29(35)13-8-20-33-21-18-25(19-22-33)30(23-9-4-3-5-10-23)24-14-16-26(34)17-15-24/h3-7,9-12,14-17,25,29-30,34-35H,8,13,18-22H2,1-2H3,(H,36,37). The molecule has 196 valence electrons. The second kappa shape index (κ2) is 11.9. The van der Waals surface area contributed by atoms with Crippen LogP contribution in [0.25, 0.3) is 0 Å². The summed E-state index contributed by atoms with van der Waals surface area (Å²) in [7, 11) is 0. The van der Waals surface area contributed by atoms with E-state index in [-0.39, 0.29) is 0 Å². The molecule has 0 spiro atoms. The molecule has 1 aliphatic heterocycles. The Morgan fingerprint density at radius 3 is 2.16 bits per heavy atom. The largest absolute Gasteiger partial charge is 0.508 e. The molecule has 1 saturated heterocycles. The molecule has 1 aliphatic rings. The van der Waals surface area contributed by atoms with Crippen LogP contribution in [-0.4, -0.2) is 45.8 Å². The summed E-state index contributed by atoms with van der Waals surface area (Å²) in [5.41, 5.74) is 2.91. The first-order chi connectivity index (χ1) is 17.8. The van der Waals surface area contributed by atoms with Crippen LogP contribution in [0.3, 0.4) is 0 Å². The van der Waals surface area contributed by atoms with Crippen molar-refractivity contribution < 1.29 is 20.1 Å². The third-order valence-corrected chi connectivity index (χ3v) is 7.99. The molecule has 5 heteroatoms. The van der Waals surface area contributed by atoms with E-state index in [1.165, 1.54) is 11.1 Å². The zero-order valence-electron chi connectivity index (χ0n) is 21.9. The van der Waals surface area contributed by atoms with Crippen LogP contribution in [-0.2, 0) is 10.2 Å². The van der Waals surface area contributed by atoms with Gasteiger partial charge in [-0.05, 0) is 99.5 Å². The Morgan fingerprint density at radius 1 is 0.919 bits per heavy atom. The number of likely N-dealkylation sites (tertiary alicyclic amines) is 1. The lowest BCUT2D eigenvalue weighted by Crippen LogP contribution is -2.36. The fraction of sp³-hybridized carbons (Fsp3) is 0.406. The van der Waals surface area contributed by atoms with E-state index in [0.29, 0.717) is 35.1 Å². The Hall–Kier alpha value is -3.15. The van der Waals surface area contributed by atoms with Crippen molar-refractivity contribution in [2.75, 3.05) is 19.6 Å². The number of aromatic hydroxyl groups is 1. The number of aliphatic hydroxyl groups excluding tert-OH is 1. The summed E-state index contributed by atoms with van der Waals surface area (Å²) >= 11 is 0. The van der Waals surface area contributed by atoms with Crippen molar-refractivity contribution >= 4 is 5.97 Å². The summed E-state index contributed by atoms with van der Waals surface area (Å²) in [5.74, 6) is 0.233. The number of phenols is 1. The highest BCUT2D eigenvalue weighted by molar-refractivity contribution is 5.80. The molecule has 3 N–H and O–H groups in total. The van der Waals surface area contributed by atoms with Gasteiger partial charge in [0.15, 0.2) is 0 Å². The molecule has 0 aliphatic carbocycles. The van der Waals surface area contributed by atoms with E-state index in [9.17, 15) is 20.1 Å². The molecule has 3 aromatic rings. The van der Waals surface area contributed by atoms with Gasteiger partial charge in [-0.25, -0.2) is 0 Å². The zero-order valence-corrected chi connectivity index (χ0v) is 21.9. The van der Waals surface area contributed by atoms with Crippen molar-refractivity contribution in [3.8, 4) is 5.75 Å². The normalized spacial score (nSPS) is 16.8. The molecule has 1 heterocycles. The number of carboxylic acids is 1. The summed E-state index contributed by atoms with van der Waals surface area (Å²) in [5, 5.41) is 30.4. The number of phenolic OH excluding ortho intramolecular Hbond substituents is 1. The molecule has 3 aromatic carbocycles. The monoisotopic (exact) mass is 501 g/mol. The average Bonchev–Trinajstić information content (AvgIpc) is 2.91. The molecule has 0 aromatic heterocycles. The van der Waals surface area contributed by atoms with E-state index in [1.807, 2.05) is 36.4 Å². The van der Waals surface area contributed by atoms with Gasteiger partial charge in [0.05, 0.1) is 11.5 Å². The van der Waals surface area contributed by atoms with Crippen molar-refractivity contribution in [1.29, 1.82) is 0 Å². The minimum absolute atomic E-state index is 0.293. The van der Waals surface area contributed by atoms with Crippen LogP contribution in [0.1, 0.15) is 73.8 Å². The Labute approximate surface area is 220 Å². The van der Waals surface area contributed by atoms with Crippen LogP contribution in [0.5, 0.6) is 5.75 Å². The molecule has 0 bridgehead atoms. The number of carboxylic acid groups (broad SMARTS) is 1. The molecule has 5 nitrogen and oxygen atoms in total. The lowest BCUT2D eigenvalue weighted by Gasteiger charge is -2.37. The van der Waals surface area contributed by atoms with Crippen molar-refractivity contribution in [3.63, 3.8) is 0 Å². The maximum absolute atomic E-state index is 11.8. The average molecular weight is 502 g/mol. The van der Waals surface area contributed by atoms with Crippen LogP contribution >= 0.6 is 0 Å². The molecule has 1 fully saturated rings. The quantitative estimate of drug-likeness (QED) is 0.312. The van der Waals surface area contributed by atoms with Crippen molar-refractivity contribution in [2.45, 2.75) is 57.0 Å². The number of hydrogen-bond donors (Lipinski definition) is 3. The van der Waals surface area contributed by atoms with E-state index in [4.69, 9.17) is 0 Å². The molecule has 2 atom stereocenters. The van der Waals surface area contributed by atoms with Gasteiger partial charge in [-0.1, -0.05) is 66.7 Å². The van der Waals surface area contributed by atoms with Gasteiger partial charge < -0.3 is 20.2 Å². The van der Waals surface area contributed by atoms with Crippen LogP contribution in [0.15, 0.2) is 78.9 Å². The Balaban J connectivity index is 1.34. The van der Waals surface area contributed by atoms with Gasteiger partial charge in [-0.2, -0.15) is 0 Å². The third-order valence-electron chi connectivity index (χ3n) is 7.99. The molecular formula is C32H39NO4. The van der Waals surface area contributed by atoms with Crippen LogP contribution < -0.4 is 0 Å². The molecule has 4 rings (SSSR count). The smallest absolute Gasteiger partial charge is 0.313 e. The summed E-state index contributed by atoms with van der Waals surface area (Å²) in [6.07, 6.45) is 2.97. The molecule has 37 heavy (non-hydrogen) atoms. The van der Waals surface area contributed by atoms with Gasteiger partial charge in [0.2, 0.25) is 0 Å². The molecule has 0 amide bonds. The first-order valence-corrected chi connectivity index (χ1v) is 13.3. The maximum atomic E-state index is 11.8. The van der Waals surface area contributed by atoms with Crippen LogP contribution in [0, 0.1) is 5.92 Å². The Morgan fingerprint density at radius 2 is 1.51 bits per heavy atom. The number of benzene rings is 3. The predicted octanol–water partition coefficient (Wildman–Crippen LogP) is 6.11. The summed E-state index contributed by atoms with van der Waals surface area (Å²) in [6.45, 7) is 6.33. The molecule has 2 unspecified atom stereocenters. The SMILES string of the molecule is CC(C)(C(=O)O)c1ccccc1C(O)CCCN1CCC(C(c2ccccc2)c2ccc(O)cc2)CC1. The van der Waals surface area contributed by atoms with Crippen LogP contribution in [0.2, 0.25) is 0 Å². The maximum Gasteiger partial charge on any atom is 0.313 e. The van der Waals surface area contributed by atoms with Gasteiger partial charge in [-0.15, -0.1) is 0 Å². The second-order valence-electron chi connectivity index (χ2n) is 10.8. The summed E-state index contributed by atoms with van der Waals surface area (Å²) in [6, 6.07) is 25.7. The summed E-state index contributed by atoms with van der Waals surface area (Å²) in [4.78, 5) is 14.3. The fourth-order valence-electron chi connectivity index (χ4n) is 5.72. The molecular weight excluding hydrogens is 462 g/mol. The van der Waals surface area contributed by atoms with Gasteiger partial charge in [0.1, 0.15) is 5.75 Å².